The number of sulfonamides is 1. The van der Waals surface area contributed by atoms with Crippen LogP contribution >= 0.6 is 0 Å². The largest absolute Gasteiger partial charge is 0.446 e. The predicted octanol–water partition coefficient (Wildman–Crippen LogP) is 4.76. The first-order valence-corrected chi connectivity index (χ1v) is 13.5. The van der Waals surface area contributed by atoms with Gasteiger partial charge in [0.2, 0.25) is 15.9 Å². The van der Waals surface area contributed by atoms with E-state index in [2.05, 4.69) is 4.72 Å². The van der Waals surface area contributed by atoms with Crippen molar-refractivity contribution in [2.24, 2.45) is 0 Å². The first kappa shape index (κ1) is 24.1. The maximum atomic E-state index is 13.2. The number of nitrogens with one attached hydrogen (secondary N) is 1. The van der Waals surface area contributed by atoms with E-state index in [-0.39, 0.29) is 18.1 Å². The molecule has 1 aliphatic heterocycles. The first-order valence-electron chi connectivity index (χ1n) is 11.6. The number of carbonyl (C=O) groups excluding carboxylic acids is 2. The molecule has 1 saturated carbocycles. The molecule has 0 aromatic heterocycles. The third-order valence-electron chi connectivity index (χ3n) is 6.29. The number of hydrogen-bond donors (Lipinski definition) is 1. The van der Waals surface area contributed by atoms with Crippen molar-refractivity contribution < 1.29 is 22.7 Å². The van der Waals surface area contributed by atoms with Crippen LogP contribution in [0.1, 0.15) is 46.0 Å². The summed E-state index contributed by atoms with van der Waals surface area (Å²) in [5.41, 5.74) is 3.29. The van der Waals surface area contributed by atoms with Gasteiger partial charge in [0, 0.05) is 19.2 Å². The van der Waals surface area contributed by atoms with Gasteiger partial charge in [0.1, 0.15) is 6.10 Å². The molecule has 1 aliphatic carbocycles. The molecular formula is C25H31N3O5S. The van der Waals surface area contributed by atoms with Crippen LogP contribution in [0.25, 0.3) is 11.1 Å². The van der Waals surface area contributed by atoms with Crippen molar-refractivity contribution in [3.05, 3.63) is 42.5 Å². The molecule has 1 atom stereocenters. The van der Waals surface area contributed by atoms with E-state index in [0.29, 0.717) is 23.6 Å². The normalized spacial score (nSPS) is 18.9. The third-order valence-corrected chi connectivity index (χ3v) is 6.90. The summed E-state index contributed by atoms with van der Waals surface area (Å²) in [6, 6.07) is 12.4. The van der Waals surface area contributed by atoms with Crippen LogP contribution in [0.2, 0.25) is 0 Å². The Kier molecular flexibility index (Phi) is 6.84. The van der Waals surface area contributed by atoms with E-state index in [1.165, 1.54) is 13.3 Å². The molecule has 9 heteroatoms. The molecule has 2 aromatic carbocycles. The number of rotatable bonds is 4. The highest BCUT2D eigenvalue weighted by Crippen LogP contribution is 2.40. The summed E-state index contributed by atoms with van der Waals surface area (Å²) in [7, 11) is -3.41. The van der Waals surface area contributed by atoms with Crippen molar-refractivity contribution >= 4 is 39.1 Å². The van der Waals surface area contributed by atoms with Gasteiger partial charge in [-0.1, -0.05) is 24.6 Å². The van der Waals surface area contributed by atoms with Crippen LogP contribution in [-0.2, 0) is 19.6 Å². The SMILES string of the molecule is CC(=O)N1c2ccc(-c3cccc(NS(C)(=O)=O)c3)cc2N(C(=O)OC2CCCCC2)C[C@@H]1C. The number of fused-ring (bicyclic) bond motifs is 1. The lowest BCUT2D eigenvalue weighted by Gasteiger charge is -2.41. The fraction of sp³-hybridized carbons (Fsp3) is 0.440. The lowest BCUT2D eigenvalue weighted by molar-refractivity contribution is -0.117. The molecule has 2 aromatic rings. The molecule has 0 radical (unpaired) electrons. The van der Waals surface area contributed by atoms with Crippen molar-refractivity contribution in [1.82, 2.24) is 0 Å². The minimum Gasteiger partial charge on any atom is -0.446 e. The van der Waals surface area contributed by atoms with Crippen molar-refractivity contribution in [2.75, 3.05) is 27.3 Å². The average molecular weight is 486 g/mol. The second-order valence-electron chi connectivity index (χ2n) is 9.15. The number of hydrogen-bond acceptors (Lipinski definition) is 5. The average Bonchev–Trinajstić information content (AvgIpc) is 2.77. The van der Waals surface area contributed by atoms with Crippen molar-refractivity contribution in [3.63, 3.8) is 0 Å². The Morgan fingerprint density at radius 1 is 1.00 bits per heavy atom. The monoisotopic (exact) mass is 485 g/mol. The van der Waals surface area contributed by atoms with Gasteiger partial charge in [-0.2, -0.15) is 0 Å². The maximum absolute atomic E-state index is 13.2. The molecule has 0 spiro atoms. The molecular weight excluding hydrogens is 454 g/mol. The third kappa shape index (κ3) is 5.35. The Bertz CT molecular complexity index is 1190. The number of ether oxygens (including phenoxy) is 1. The molecule has 0 saturated heterocycles. The lowest BCUT2D eigenvalue weighted by atomic mass is 9.98. The highest BCUT2D eigenvalue weighted by molar-refractivity contribution is 7.92. The number of anilines is 3. The van der Waals surface area contributed by atoms with Gasteiger partial charge in [0.05, 0.1) is 23.7 Å². The van der Waals surface area contributed by atoms with Crippen LogP contribution in [-0.4, -0.2) is 45.4 Å². The smallest absolute Gasteiger partial charge is 0.414 e. The van der Waals surface area contributed by atoms with Crippen LogP contribution in [0.15, 0.2) is 42.5 Å². The Morgan fingerprint density at radius 2 is 1.71 bits per heavy atom. The van der Waals surface area contributed by atoms with Gasteiger partial charge in [-0.3, -0.25) is 14.4 Å². The molecule has 1 heterocycles. The molecule has 2 amide bonds. The lowest BCUT2D eigenvalue weighted by Crippen LogP contribution is -2.52. The van der Waals surface area contributed by atoms with Gasteiger partial charge in [-0.05, 0) is 68.0 Å². The highest BCUT2D eigenvalue weighted by Gasteiger charge is 2.35. The molecule has 1 N–H and O–H groups in total. The predicted molar refractivity (Wildman–Crippen MR) is 134 cm³/mol. The number of nitrogens with zero attached hydrogens (tertiary/aromatic N) is 2. The Morgan fingerprint density at radius 3 is 2.38 bits per heavy atom. The summed E-state index contributed by atoms with van der Waals surface area (Å²) < 4.78 is 31.6. The van der Waals surface area contributed by atoms with E-state index >= 15 is 0 Å². The minimum atomic E-state index is -3.41. The summed E-state index contributed by atoms with van der Waals surface area (Å²) in [5.74, 6) is -0.0962. The topological polar surface area (TPSA) is 96.0 Å². The summed E-state index contributed by atoms with van der Waals surface area (Å²) >= 11 is 0. The number of amides is 2. The van der Waals surface area contributed by atoms with Crippen molar-refractivity contribution in [1.29, 1.82) is 0 Å². The van der Waals surface area contributed by atoms with Gasteiger partial charge in [-0.15, -0.1) is 0 Å². The van der Waals surface area contributed by atoms with E-state index in [9.17, 15) is 18.0 Å². The Labute approximate surface area is 200 Å². The second-order valence-corrected chi connectivity index (χ2v) is 10.9. The highest BCUT2D eigenvalue weighted by atomic mass is 32.2. The second kappa shape index (κ2) is 9.66. The molecule has 0 unspecified atom stereocenters. The summed E-state index contributed by atoms with van der Waals surface area (Å²) in [6.07, 6.45) is 5.67. The molecule has 1 fully saturated rings. The van der Waals surface area contributed by atoms with Gasteiger partial charge in [0.25, 0.3) is 0 Å². The zero-order valence-corrected chi connectivity index (χ0v) is 20.6. The maximum Gasteiger partial charge on any atom is 0.414 e. The first-order chi connectivity index (χ1) is 16.1. The van der Waals surface area contributed by atoms with Gasteiger partial charge < -0.3 is 9.64 Å². The van der Waals surface area contributed by atoms with Crippen LogP contribution in [0.5, 0.6) is 0 Å². The molecule has 2 aliphatic rings. The van der Waals surface area contributed by atoms with Crippen LogP contribution in [0, 0.1) is 0 Å². The van der Waals surface area contributed by atoms with Gasteiger partial charge >= 0.3 is 6.09 Å². The zero-order chi connectivity index (χ0) is 24.5. The molecule has 34 heavy (non-hydrogen) atoms. The molecule has 0 bridgehead atoms. The minimum absolute atomic E-state index is 0.0761. The fourth-order valence-electron chi connectivity index (χ4n) is 4.82. The number of carbonyl (C=O) groups is 2. The Balaban J connectivity index is 1.71. The van der Waals surface area contributed by atoms with E-state index in [4.69, 9.17) is 4.74 Å². The quantitative estimate of drug-likeness (QED) is 0.674. The van der Waals surface area contributed by atoms with E-state index in [0.717, 1.165) is 43.1 Å². The standard InChI is InChI=1S/C25H31N3O5S/c1-17-16-27(25(30)33-22-10-5-4-6-11-22)24-15-20(12-13-23(24)28(17)18(2)29)19-8-7-9-21(14-19)26-34(3,31)32/h7-9,12-15,17,22,26H,4-6,10-11,16H2,1-3H3/t17-/m0/s1. The zero-order valence-electron chi connectivity index (χ0n) is 19.8. The van der Waals surface area contributed by atoms with E-state index in [1.807, 2.05) is 31.2 Å². The van der Waals surface area contributed by atoms with Gasteiger partial charge in [0.15, 0.2) is 0 Å². The van der Waals surface area contributed by atoms with E-state index in [1.54, 1.807) is 28.0 Å². The van der Waals surface area contributed by atoms with Crippen LogP contribution in [0.4, 0.5) is 21.9 Å². The molecule has 4 rings (SSSR count). The van der Waals surface area contributed by atoms with Gasteiger partial charge in [-0.25, -0.2) is 13.2 Å². The summed E-state index contributed by atoms with van der Waals surface area (Å²) in [5, 5.41) is 0. The van der Waals surface area contributed by atoms with Crippen molar-refractivity contribution in [2.45, 2.75) is 58.1 Å². The van der Waals surface area contributed by atoms with Crippen LogP contribution < -0.4 is 14.5 Å². The number of benzene rings is 2. The van der Waals surface area contributed by atoms with E-state index < -0.39 is 16.1 Å². The molecule has 182 valence electrons. The Hall–Kier alpha value is -3.07. The van der Waals surface area contributed by atoms with Crippen molar-refractivity contribution in [3.8, 4) is 11.1 Å². The molecule has 8 nitrogen and oxygen atoms in total. The fourth-order valence-corrected chi connectivity index (χ4v) is 5.38. The summed E-state index contributed by atoms with van der Waals surface area (Å²) in [6.45, 7) is 3.77. The van der Waals surface area contributed by atoms with Crippen LogP contribution in [0.3, 0.4) is 0 Å². The summed E-state index contributed by atoms with van der Waals surface area (Å²) in [4.78, 5) is 29.0.